The Morgan fingerprint density at radius 3 is 1.97 bits per heavy atom. The van der Waals surface area contributed by atoms with E-state index in [0.717, 1.165) is 28.5 Å². The second-order valence-electron chi connectivity index (χ2n) is 18.3. The molecule has 13 nitrogen and oxygen atoms in total. The molecule has 0 aliphatic rings. The number of ether oxygens (including phenoxy) is 3. The molecule has 0 spiro atoms. The minimum Gasteiger partial charge on any atom is -0.473 e. The first-order chi connectivity index (χ1) is 35.3. The van der Waals surface area contributed by atoms with Crippen molar-refractivity contribution in [2.75, 3.05) is 23.4 Å². The van der Waals surface area contributed by atoms with Crippen molar-refractivity contribution in [1.82, 2.24) is 24.9 Å². The number of rotatable bonds is 19. The Balaban J connectivity index is 1.33. The van der Waals surface area contributed by atoms with Gasteiger partial charge in [-0.1, -0.05) is 128 Å². The standard InChI is InChI=1S/C58H58F2N8O5/c1-7-48-50(56(69)71-8-2)53-65-52(61-34-43-31-44(59)35-62-54(43)72-38(3)33-63-57(70)73-58(4,5)6)49(55(68(53)66-48)67(36-39-21-13-9-14-22-39)37-40-23-15-10-16-24-40)46-30-29-45(32-47(46)60)64-51(41-25-17-11-18-26-41)42-27-19-12-20-28-42/h9-32,35,38H,7-8,33-34,36-37H2,1-6H3,(H,61,65)(H,63,70)/t38-/m0/s1. The maximum atomic E-state index is 17.7. The van der Waals surface area contributed by atoms with Crippen LogP contribution in [0.2, 0.25) is 0 Å². The molecule has 5 aromatic carbocycles. The Kier molecular flexibility index (Phi) is 16.2. The molecule has 0 aliphatic carbocycles. The van der Waals surface area contributed by atoms with Gasteiger partial charge in [-0.25, -0.2) is 33.3 Å². The minimum atomic E-state index is -0.708. The van der Waals surface area contributed by atoms with Crippen molar-refractivity contribution in [3.05, 3.63) is 202 Å². The first kappa shape index (κ1) is 50.9. The normalized spacial score (nSPS) is 11.7. The molecule has 0 saturated heterocycles. The molecule has 0 aliphatic heterocycles. The van der Waals surface area contributed by atoms with E-state index < -0.39 is 35.4 Å². The van der Waals surface area contributed by atoms with Crippen molar-refractivity contribution in [1.29, 1.82) is 0 Å². The van der Waals surface area contributed by atoms with E-state index in [9.17, 15) is 9.59 Å². The van der Waals surface area contributed by atoms with E-state index >= 15 is 8.78 Å². The summed E-state index contributed by atoms with van der Waals surface area (Å²) in [6, 6.07) is 45.2. The molecule has 0 saturated carbocycles. The highest BCUT2D eigenvalue weighted by molar-refractivity contribution is 6.14. The summed E-state index contributed by atoms with van der Waals surface area (Å²) in [4.78, 5) is 43.0. The van der Waals surface area contributed by atoms with Gasteiger partial charge in [0.15, 0.2) is 5.65 Å². The van der Waals surface area contributed by atoms with Gasteiger partial charge in [-0.05, 0) is 70.4 Å². The number of carbonyl (C=O) groups excluding carboxylic acids is 2. The average molecular weight is 985 g/mol. The van der Waals surface area contributed by atoms with E-state index in [-0.39, 0.29) is 53.7 Å². The highest BCUT2D eigenvalue weighted by atomic mass is 19.1. The van der Waals surface area contributed by atoms with Crippen LogP contribution in [-0.2, 0) is 35.5 Å². The number of carbonyl (C=O) groups is 2. The topological polar surface area (TPSA) is 145 Å². The Bertz CT molecular complexity index is 3120. The third-order valence-electron chi connectivity index (χ3n) is 11.5. The second-order valence-corrected chi connectivity index (χ2v) is 18.3. The van der Waals surface area contributed by atoms with Crippen molar-refractivity contribution in [2.24, 2.45) is 4.99 Å². The Morgan fingerprint density at radius 2 is 1.41 bits per heavy atom. The molecule has 3 heterocycles. The molecule has 1 amide bonds. The molecule has 3 aromatic heterocycles. The van der Waals surface area contributed by atoms with Crippen LogP contribution in [0.4, 0.5) is 30.9 Å². The fraction of sp³-hybridized carbons (Fsp3) is 0.241. The van der Waals surface area contributed by atoms with E-state index in [1.54, 1.807) is 51.3 Å². The van der Waals surface area contributed by atoms with E-state index in [2.05, 4.69) is 20.5 Å². The van der Waals surface area contributed by atoms with Crippen LogP contribution in [0.15, 0.2) is 157 Å². The van der Waals surface area contributed by atoms with Gasteiger partial charge in [0.2, 0.25) is 5.88 Å². The number of aryl methyl sites for hydroxylation is 1. The number of pyridine rings is 1. The van der Waals surface area contributed by atoms with Crippen LogP contribution in [0.5, 0.6) is 5.88 Å². The van der Waals surface area contributed by atoms with Crippen LogP contribution < -0.4 is 20.3 Å². The third kappa shape index (κ3) is 12.7. The van der Waals surface area contributed by atoms with Gasteiger partial charge in [0.05, 0.1) is 42.0 Å². The number of alkyl carbamates (subject to hydrolysis) is 1. The molecule has 0 bridgehead atoms. The van der Waals surface area contributed by atoms with Crippen molar-refractivity contribution in [3.8, 4) is 17.0 Å². The number of fused-ring (bicyclic) bond motifs is 1. The molecular formula is C58H58F2N8O5. The minimum absolute atomic E-state index is 0.0559. The van der Waals surface area contributed by atoms with Crippen LogP contribution in [-0.4, -0.2) is 62.2 Å². The lowest BCUT2D eigenvalue weighted by molar-refractivity contribution is 0.0500. The number of aliphatic imine (C=N–C) groups is 1. The van der Waals surface area contributed by atoms with Crippen molar-refractivity contribution < 1.29 is 32.6 Å². The summed E-state index contributed by atoms with van der Waals surface area (Å²) in [6.45, 7) is 11.3. The Labute approximate surface area is 423 Å². The zero-order valence-electron chi connectivity index (χ0n) is 41.7. The molecule has 374 valence electrons. The van der Waals surface area contributed by atoms with Gasteiger partial charge in [-0.3, -0.25) is 0 Å². The number of nitrogens with one attached hydrogen (secondary N) is 2. The van der Waals surface area contributed by atoms with E-state index in [1.807, 2.05) is 128 Å². The van der Waals surface area contributed by atoms with E-state index in [0.29, 0.717) is 48.0 Å². The number of halogens is 2. The quantitative estimate of drug-likeness (QED) is 0.0593. The predicted molar refractivity (Wildman–Crippen MR) is 281 cm³/mol. The van der Waals surface area contributed by atoms with Crippen LogP contribution in [0.3, 0.4) is 0 Å². The van der Waals surface area contributed by atoms with Crippen molar-refractivity contribution >= 4 is 40.7 Å². The molecule has 8 rings (SSSR count). The van der Waals surface area contributed by atoms with Gasteiger partial charge < -0.3 is 29.7 Å². The Hall–Kier alpha value is -8.46. The molecule has 0 unspecified atom stereocenters. The lowest BCUT2D eigenvalue weighted by Crippen LogP contribution is -2.37. The number of nitrogens with zero attached hydrogens (tertiary/aromatic N) is 6. The first-order valence-corrected chi connectivity index (χ1v) is 24.2. The number of hydrogen-bond donors (Lipinski definition) is 2. The molecule has 73 heavy (non-hydrogen) atoms. The van der Waals surface area contributed by atoms with E-state index in [1.165, 1.54) is 12.1 Å². The maximum absolute atomic E-state index is 17.7. The summed E-state index contributed by atoms with van der Waals surface area (Å²) in [5, 5.41) is 11.2. The van der Waals surface area contributed by atoms with Crippen molar-refractivity contribution in [2.45, 2.75) is 79.3 Å². The van der Waals surface area contributed by atoms with Gasteiger partial charge in [0, 0.05) is 48.0 Å². The third-order valence-corrected chi connectivity index (χ3v) is 11.5. The zero-order valence-corrected chi connectivity index (χ0v) is 41.7. The second kappa shape index (κ2) is 23.2. The Morgan fingerprint density at radius 1 is 0.808 bits per heavy atom. The predicted octanol–water partition coefficient (Wildman–Crippen LogP) is 12.1. The summed E-state index contributed by atoms with van der Waals surface area (Å²) >= 11 is 0. The highest BCUT2D eigenvalue weighted by Crippen LogP contribution is 2.42. The number of aromatic nitrogens is 4. The molecule has 2 N–H and O–H groups in total. The number of amides is 1. The maximum Gasteiger partial charge on any atom is 0.407 e. The lowest BCUT2D eigenvalue weighted by Gasteiger charge is -2.29. The fourth-order valence-electron chi connectivity index (χ4n) is 8.27. The molecule has 0 radical (unpaired) electrons. The van der Waals surface area contributed by atoms with E-state index in [4.69, 9.17) is 29.3 Å². The smallest absolute Gasteiger partial charge is 0.407 e. The van der Waals surface area contributed by atoms with Gasteiger partial charge in [0.25, 0.3) is 0 Å². The van der Waals surface area contributed by atoms with Gasteiger partial charge in [-0.15, -0.1) is 0 Å². The summed E-state index contributed by atoms with van der Waals surface area (Å²) in [5.74, 6) is -1.25. The van der Waals surface area contributed by atoms with Crippen molar-refractivity contribution in [3.63, 3.8) is 0 Å². The fourth-order valence-corrected chi connectivity index (χ4v) is 8.27. The summed E-state index contributed by atoms with van der Waals surface area (Å²) < 4.78 is 51.8. The zero-order chi connectivity index (χ0) is 51.5. The average Bonchev–Trinajstić information content (AvgIpc) is 3.76. The summed E-state index contributed by atoms with van der Waals surface area (Å²) in [5.41, 5.74) is 5.36. The summed E-state index contributed by atoms with van der Waals surface area (Å²) in [6.07, 6.45) is 0.130. The molecule has 15 heteroatoms. The molecule has 8 aromatic rings. The van der Waals surface area contributed by atoms with Crippen LogP contribution >= 0.6 is 0 Å². The number of esters is 1. The molecule has 1 atom stereocenters. The van der Waals surface area contributed by atoms with Crippen LogP contribution in [0.25, 0.3) is 16.8 Å². The monoisotopic (exact) mass is 984 g/mol. The largest absolute Gasteiger partial charge is 0.473 e. The number of benzene rings is 5. The van der Waals surface area contributed by atoms with Gasteiger partial charge in [-0.2, -0.15) is 9.61 Å². The molecule has 0 fully saturated rings. The van der Waals surface area contributed by atoms with Gasteiger partial charge >= 0.3 is 12.1 Å². The number of anilines is 2. The van der Waals surface area contributed by atoms with Crippen LogP contribution in [0.1, 0.15) is 85.4 Å². The SMILES string of the molecule is CCOC(=O)c1c(CC)nn2c(N(Cc3ccccc3)Cc3ccccc3)c(-c3ccc(N=C(c4ccccc4)c4ccccc4)cc3F)c(NCc3cc(F)cnc3O[C@@H](C)CNC(=O)OC(C)(C)C)nc12. The first-order valence-electron chi connectivity index (χ1n) is 24.2. The van der Waals surface area contributed by atoms with Gasteiger partial charge in [0.1, 0.15) is 40.5 Å². The number of hydrogen-bond acceptors (Lipinski definition) is 11. The van der Waals surface area contributed by atoms with Crippen LogP contribution in [0, 0.1) is 11.6 Å². The lowest BCUT2D eigenvalue weighted by atomic mass is 10.0. The highest BCUT2D eigenvalue weighted by Gasteiger charge is 2.31. The summed E-state index contributed by atoms with van der Waals surface area (Å²) in [7, 11) is 0. The molecular weight excluding hydrogens is 927 g/mol.